The van der Waals surface area contributed by atoms with Crippen LogP contribution in [-0.2, 0) is 0 Å². The molecule has 2 aromatic heterocycles. The Morgan fingerprint density at radius 2 is 0.836 bits per heavy atom. The monoisotopic (exact) mass is 777 g/mol. The summed E-state index contributed by atoms with van der Waals surface area (Å²) in [6.45, 7) is 0. The lowest BCUT2D eigenvalue weighted by atomic mass is 9.89. The van der Waals surface area contributed by atoms with Gasteiger partial charge in [0.2, 0.25) is 0 Å². The number of hydrogen-bond acceptors (Lipinski definition) is 4. The smallest absolute Gasteiger partial charge is 0.164 e. The number of furan rings is 1. The fourth-order valence-corrected chi connectivity index (χ4v) is 9.08. The van der Waals surface area contributed by atoms with Crippen LogP contribution in [-0.4, -0.2) is 15.0 Å². The van der Waals surface area contributed by atoms with Gasteiger partial charge in [0.15, 0.2) is 17.5 Å². The topological polar surface area (TPSA) is 51.8 Å². The summed E-state index contributed by atoms with van der Waals surface area (Å²) in [6.07, 6.45) is 0. The predicted molar refractivity (Wildman–Crippen MR) is 252 cm³/mol. The fourth-order valence-electron chi connectivity index (χ4n) is 9.08. The van der Waals surface area contributed by atoms with Gasteiger partial charge in [-0.25, -0.2) is 15.0 Å². The third-order valence-electron chi connectivity index (χ3n) is 11.9. The molecule has 10 aromatic carbocycles. The van der Waals surface area contributed by atoms with Gasteiger partial charge in [-0.15, -0.1) is 0 Å². The fraction of sp³-hybridized carbons (Fsp3) is 0. The van der Waals surface area contributed by atoms with E-state index in [1.165, 1.54) is 43.4 Å². The molecule has 4 heteroatoms. The van der Waals surface area contributed by atoms with E-state index in [1.54, 1.807) is 0 Å². The number of para-hydroxylation sites is 1. The van der Waals surface area contributed by atoms with E-state index in [4.69, 9.17) is 19.4 Å². The molecule has 0 bridgehead atoms. The van der Waals surface area contributed by atoms with Crippen LogP contribution >= 0.6 is 0 Å². The first-order chi connectivity index (χ1) is 30.2. The molecule has 12 aromatic rings. The van der Waals surface area contributed by atoms with Crippen LogP contribution in [0.5, 0.6) is 0 Å². The van der Waals surface area contributed by atoms with E-state index >= 15 is 0 Å². The Morgan fingerprint density at radius 3 is 1.67 bits per heavy atom. The molecule has 0 aliphatic carbocycles. The maximum atomic E-state index is 6.32. The van der Waals surface area contributed by atoms with Crippen LogP contribution in [0.15, 0.2) is 217 Å². The molecular weight excluding hydrogens is 743 g/mol. The summed E-state index contributed by atoms with van der Waals surface area (Å²) in [5, 5.41) is 9.46. The minimum absolute atomic E-state index is 0.586. The van der Waals surface area contributed by atoms with Gasteiger partial charge in [0, 0.05) is 27.5 Å². The lowest BCUT2D eigenvalue weighted by molar-refractivity contribution is 0.669. The van der Waals surface area contributed by atoms with E-state index in [1.807, 2.05) is 42.5 Å². The molecule has 0 spiro atoms. The molecule has 0 N–H and O–H groups in total. The minimum Gasteiger partial charge on any atom is -0.456 e. The number of benzene rings is 10. The zero-order chi connectivity index (χ0) is 40.3. The van der Waals surface area contributed by atoms with Crippen molar-refractivity contribution in [2.75, 3.05) is 0 Å². The average Bonchev–Trinajstić information content (AvgIpc) is 3.72. The van der Waals surface area contributed by atoms with Crippen molar-refractivity contribution in [3.8, 4) is 67.5 Å². The SMILES string of the molecule is c1ccc(-c2ccccc2-c2nc(-c3cccc(-c4cccc(-c5c6ccccc6cc6c5ccc5ccccc56)c4)c3)nc(-c3cccc4oc5ccccc5c34)n2)cc1. The minimum atomic E-state index is 0.586. The third-order valence-corrected chi connectivity index (χ3v) is 11.9. The highest BCUT2D eigenvalue weighted by Gasteiger charge is 2.20. The highest BCUT2D eigenvalue weighted by Crippen LogP contribution is 2.42. The van der Waals surface area contributed by atoms with Crippen molar-refractivity contribution in [1.29, 1.82) is 0 Å². The van der Waals surface area contributed by atoms with Crippen LogP contribution in [0, 0.1) is 0 Å². The van der Waals surface area contributed by atoms with Crippen LogP contribution < -0.4 is 0 Å². The molecule has 61 heavy (non-hydrogen) atoms. The van der Waals surface area contributed by atoms with E-state index in [2.05, 4.69) is 170 Å². The third kappa shape index (κ3) is 5.96. The molecule has 12 rings (SSSR count). The van der Waals surface area contributed by atoms with Crippen molar-refractivity contribution < 1.29 is 4.42 Å². The van der Waals surface area contributed by atoms with Crippen molar-refractivity contribution in [3.05, 3.63) is 212 Å². The Kier molecular flexibility index (Phi) is 8.13. The van der Waals surface area contributed by atoms with E-state index in [0.29, 0.717) is 17.5 Å². The molecule has 0 fully saturated rings. The highest BCUT2D eigenvalue weighted by atomic mass is 16.3. The summed E-state index contributed by atoms with van der Waals surface area (Å²) in [5.41, 5.74) is 11.1. The second-order valence-corrected chi connectivity index (χ2v) is 15.5. The Bertz CT molecular complexity index is 3660. The summed E-state index contributed by atoms with van der Waals surface area (Å²) in [4.78, 5) is 15.8. The summed E-state index contributed by atoms with van der Waals surface area (Å²) in [6, 6.07) is 74.7. The molecule has 0 aliphatic rings. The summed E-state index contributed by atoms with van der Waals surface area (Å²) in [5.74, 6) is 1.78. The van der Waals surface area contributed by atoms with E-state index in [0.717, 1.165) is 60.9 Å². The lowest BCUT2D eigenvalue weighted by Crippen LogP contribution is -2.01. The van der Waals surface area contributed by atoms with Crippen molar-refractivity contribution in [2.24, 2.45) is 0 Å². The molecule has 0 saturated carbocycles. The van der Waals surface area contributed by atoms with Gasteiger partial charge in [-0.2, -0.15) is 0 Å². The Balaban J connectivity index is 1.04. The molecule has 284 valence electrons. The zero-order valence-electron chi connectivity index (χ0n) is 33.0. The van der Waals surface area contributed by atoms with Gasteiger partial charge >= 0.3 is 0 Å². The van der Waals surface area contributed by atoms with Gasteiger partial charge in [-0.3, -0.25) is 0 Å². The first-order valence-electron chi connectivity index (χ1n) is 20.6. The van der Waals surface area contributed by atoms with Gasteiger partial charge in [-0.1, -0.05) is 182 Å². The van der Waals surface area contributed by atoms with Crippen molar-refractivity contribution >= 4 is 54.3 Å². The molecule has 2 heterocycles. The first-order valence-corrected chi connectivity index (χ1v) is 20.6. The predicted octanol–water partition coefficient (Wildman–Crippen LogP) is 15.2. The van der Waals surface area contributed by atoms with Gasteiger partial charge in [-0.05, 0) is 96.0 Å². The molecule has 0 aliphatic heterocycles. The standard InChI is InChI=1S/C57H35N3O/c1-2-15-36(16-3-1)43-23-8-9-26-47(43)56-58-55(59-57(60-56)49-28-14-30-52-54(49)48-27-10-11-29-51(48)61-52)42-22-13-20-39(34-42)38-19-12-21-41(33-38)53-45-25-7-5-18-40(45)35-50-44-24-6-4-17-37(44)31-32-46(50)53/h1-35H. The van der Waals surface area contributed by atoms with Gasteiger partial charge < -0.3 is 4.42 Å². The number of nitrogens with zero attached hydrogens (tertiary/aromatic N) is 3. The highest BCUT2D eigenvalue weighted by molar-refractivity contribution is 6.20. The maximum absolute atomic E-state index is 6.32. The van der Waals surface area contributed by atoms with E-state index in [-0.39, 0.29) is 0 Å². The molecular formula is C57H35N3O. The molecule has 0 radical (unpaired) electrons. The van der Waals surface area contributed by atoms with Crippen LogP contribution in [0.3, 0.4) is 0 Å². The van der Waals surface area contributed by atoms with Crippen molar-refractivity contribution in [1.82, 2.24) is 15.0 Å². The quantitative estimate of drug-likeness (QED) is 0.125. The second kappa shape index (κ2) is 14.3. The van der Waals surface area contributed by atoms with Crippen LogP contribution in [0.25, 0.3) is 122 Å². The van der Waals surface area contributed by atoms with Crippen molar-refractivity contribution in [2.45, 2.75) is 0 Å². The van der Waals surface area contributed by atoms with E-state index < -0.39 is 0 Å². The largest absolute Gasteiger partial charge is 0.456 e. The summed E-state index contributed by atoms with van der Waals surface area (Å²) >= 11 is 0. The number of fused-ring (bicyclic) bond motifs is 7. The number of hydrogen-bond donors (Lipinski definition) is 0. The number of rotatable bonds is 6. The summed E-state index contributed by atoms with van der Waals surface area (Å²) < 4.78 is 6.32. The Labute approximate surface area is 352 Å². The number of aromatic nitrogens is 3. The normalized spacial score (nSPS) is 11.6. The Morgan fingerprint density at radius 1 is 0.279 bits per heavy atom. The van der Waals surface area contributed by atoms with Crippen LogP contribution in [0.1, 0.15) is 0 Å². The van der Waals surface area contributed by atoms with E-state index in [9.17, 15) is 0 Å². The molecule has 0 saturated heterocycles. The van der Waals surface area contributed by atoms with Crippen LogP contribution in [0.4, 0.5) is 0 Å². The maximum Gasteiger partial charge on any atom is 0.164 e. The van der Waals surface area contributed by atoms with Gasteiger partial charge in [0.05, 0.1) is 0 Å². The Hall–Kier alpha value is -8.21. The lowest BCUT2D eigenvalue weighted by Gasteiger charge is -2.15. The van der Waals surface area contributed by atoms with Crippen LogP contribution in [0.2, 0.25) is 0 Å². The van der Waals surface area contributed by atoms with Gasteiger partial charge in [0.25, 0.3) is 0 Å². The zero-order valence-corrected chi connectivity index (χ0v) is 33.0. The molecule has 0 amide bonds. The molecule has 0 atom stereocenters. The molecule has 0 unspecified atom stereocenters. The molecule has 4 nitrogen and oxygen atoms in total. The van der Waals surface area contributed by atoms with Crippen molar-refractivity contribution in [3.63, 3.8) is 0 Å². The summed E-state index contributed by atoms with van der Waals surface area (Å²) in [7, 11) is 0. The first kappa shape index (κ1) is 34.8. The van der Waals surface area contributed by atoms with Gasteiger partial charge in [0.1, 0.15) is 11.2 Å². The second-order valence-electron chi connectivity index (χ2n) is 15.5. The average molecular weight is 778 g/mol.